The topological polar surface area (TPSA) is 28.2 Å². The molecule has 1 heterocycles. The molecule has 3 nitrogen and oxygen atoms in total. The first-order valence-electron chi connectivity index (χ1n) is 7.16. The van der Waals surface area contributed by atoms with Gasteiger partial charge in [-0.05, 0) is 36.9 Å². The molecule has 0 saturated heterocycles. The lowest BCUT2D eigenvalue weighted by molar-refractivity contribution is 0.545. The van der Waals surface area contributed by atoms with Gasteiger partial charge >= 0.3 is 0 Å². The summed E-state index contributed by atoms with van der Waals surface area (Å²) in [6.45, 7) is 5.26. The van der Waals surface area contributed by atoms with Crippen LogP contribution in [0.3, 0.4) is 0 Å². The summed E-state index contributed by atoms with van der Waals surface area (Å²) in [5.41, 5.74) is 2.64. The van der Waals surface area contributed by atoms with Gasteiger partial charge in [0.15, 0.2) is 0 Å². The number of nitrogens with zero attached hydrogens (tertiary/aromatic N) is 2. The molecule has 3 heteroatoms. The van der Waals surface area contributed by atoms with Crippen molar-refractivity contribution in [3.05, 3.63) is 24.0 Å². The van der Waals surface area contributed by atoms with E-state index in [4.69, 9.17) is 0 Å². The molecule has 1 aliphatic rings. The highest BCUT2D eigenvalue weighted by atomic mass is 15.1. The average Bonchev–Trinajstić information content (AvgIpc) is 2.89. The van der Waals surface area contributed by atoms with Gasteiger partial charge < -0.3 is 10.2 Å². The number of anilines is 1. The molecule has 1 N–H and O–H groups in total. The van der Waals surface area contributed by atoms with Gasteiger partial charge in [0.1, 0.15) is 0 Å². The maximum Gasteiger partial charge on any atom is 0.0595 e. The molecule has 0 aliphatic heterocycles. The largest absolute Gasteiger partial charge is 0.373 e. The van der Waals surface area contributed by atoms with Crippen molar-refractivity contribution in [2.75, 3.05) is 25.0 Å². The van der Waals surface area contributed by atoms with Crippen LogP contribution in [-0.4, -0.2) is 25.1 Å². The van der Waals surface area contributed by atoms with E-state index in [1.807, 2.05) is 12.4 Å². The van der Waals surface area contributed by atoms with Gasteiger partial charge in [-0.25, -0.2) is 0 Å². The van der Waals surface area contributed by atoms with E-state index in [0.29, 0.717) is 0 Å². The number of rotatable bonds is 6. The Bertz CT molecular complexity index is 359. The summed E-state index contributed by atoms with van der Waals surface area (Å²) in [5, 5.41) is 3.40. The molecule has 1 fully saturated rings. The predicted octanol–water partition coefficient (Wildman–Crippen LogP) is 2.82. The molecule has 18 heavy (non-hydrogen) atoms. The van der Waals surface area contributed by atoms with Gasteiger partial charge in [0.2, 0.25) is 0 Å². The molecule has 100 valence electrons. The average molecular weight is 247 g/mol. The second kappa shape index (κ2) is 6.74. The van der Waals surface area contributed by atoms with Gasteiger partial charge in [-0.3, -0.25) is 4.98 Å². The SMILES string of the molecule is CCNCc1ccncc1N(C)CC1CCCC1. The van der Waals surface area contributed by atoms with Gasteiger partial charge in [-0.1, -0.05) is 19.8 Å². The summed E-state index contributed by atoms with van der Waals surface area (Å²) in [5.74, 6) is 0.877. The van der Waals surface area contributed by atoms with Crippen LogP contribution in [0.1, 0.15) is 38.2 Å². The second-order valence-electron chi connectivity index (χ2n) is 5.32. The van der Waals surface area contributed by atoms with Crippen LogP contribution in [0.25, 0.3) is 0 Å². The second-order valence-corrected chi connectivity index (χ2v) is 5.32. The first-order valence-corrected chi connectivity index (χ1v) is 7.16. The van der Waals surface area contributed by atoms with Crippen molar-refractivity contribution in [1.82, 2.24) is 10.3 Å². The minimum absolute atomic E-state index is 0.877. The fraction of sp³-hybridized carbons (Fsp3) is 0.667. The summed E-state index contributed by atoms with van der Waals surface area (Å²) in [7, 11) is 2.20. The lowest BCUT2D eigenvalue weighted by Gasteiger charge is -2.25. The van der Waals surface area contributed by atoms with Gasteiger partial charge in [-0.15, -0.1) is 0 Å². The molecule has 0 bridgehead atoms. The summed E-state index contributed by atoms with van der Waals surface area (Å²) in [6.07, 6.45) is 9.51. The van der Waals surface area contributed by atoms with Crippen molar-refractivity contribution < 1.29 is 0 Å². The third-order valence-electron chi connectivity index (χ3n) is 3.87. The molecule has 0 atom stereocenters. The van der Waals surface area contributed by atoms with Gasteiger partial charge in [0, 0.05) is 26.3 Å². The predicted molar refractivity (Wildman–Crippen MR) is 76.8 cm³/mol. The van der Waals surface area contributed by atoms with Crippen LogP contribution in [0.15, 0.2) is 18.5 Å². The Labute approximate surface area is 111 Å². The molecule has 0 unspecified atom stereocenters. The standard InChI is InChI=1S/C15H25N3/c1-3-16-10-14-8-9-17-11-15(14)18(2)12-13-6-4-5-7-13/h8-9,11,13,16H,3-7,10,12H2,1-2H3. The monoisotopic (exact) mass is 247 g/mol. The van der Waals surface area contributed by atoms with Crippen molar-refractivity contribution in [3.63, 3.8) is 0 Å². The quantitative estimate of drug-likeness (QED) is 0.838. The van der Waals surface area contributed by atoms with E-state index in [1.165, 1.54) is 43.5 Å². The molecule has 1 aromatic heterocycles. The molecule has 1 aliphatic carbocycles. The normalized spacial score (nSPS) is 16.1. The summed E-state index contributed by atoms with van der Waals surface area (Å²) in [6, 6.07) is 2.13. The molecule has 1 saturated carbocycles. The Morgan fingerprint density at radius 1 is 1.39 bits per heavy atom. The van der Waals surface area contributed by atoms with Gasteiger partial charge in [0.25, 0.3) is 0 Å². The molecular weight excluding hydrogens is 222 g/mol. The van der Waals surface area contributed by atoms with Crippen molar-refractivity contribution in [3.8, 4) is 0 Å². The summed E-state index contributed by atoms with van der Waals surface area (Å²) >= 11 is 0. The number of hydrogen-bond acceptors (Lipinski definition) is 3. The lowest BCUT2D eigenvalue weighted by Crippen LogP contribution is -2.26. The molecule has 0 aromatic carbocycles. The fourth-order valence-corrected chi connectivity index (χ4v) is 2.85. The lowest BCUT2D eigenvalue weighted by atomic mass is 10.1. The van der Waals surface area contributed by atoms with Crippen LogP contribution in [0.5, 0.6) is 0 Å². The Kier molecular flexibility index (Phi) is 5.00. The van der Waals surface area contributed by atoms with E-state index in [2.05, 4.69) is 35.2 Å². The highest BCUT2D eigenvalue weighted by Gasteiger charge is 2.18. The van der Waals surface area contributed by atoms with E-state index in [-0.39, 0.29) is 0 Å². The van der Waals surface area contributed by atoms with Gasteiger partial charge in [0.05, 0.1) is 11.9 Å². The van der Waals surface area contributed by atoms with Crippen molar-refractivity contribution in [1.29, 1.82) is 0 Å². The van der Waals surface area contributed by atoms with Gasteiger partial charge in [-0.2, -0.15) is 0 Å². The molecule has 0 radical (unpaired) electrons. The summed E-state index contributed by atoms with van der Waals surface area (Å²) < 4.78 is 0. The van der Waals surface area contributed by atoms with Crippen LogP contribution in [0.4, 0.5) is 5.69 Å². The zero-order valence-corrected chi connectivity index (χ0v) is 11.7. The Hall–Kier alpha value is -1.09. The molecule has 1 aromatic rings. The molecular formula is C15H25N3. The number of aromatic nitrogens is 1. The van der Waals surface area contributed by atoms with E-state index in [0.717, 1.165) is 19.0 Å². The molecule has 0 amide bonds. The smallest absolute Gasteiger partial charge is 0.0595 e. The zero-order valence-electron chi connectivity index (χ0n) is 11.7. The zero-order chi connectivity index (χ0) is 12.8. The number of hydrogen-bond donors (Lipinski definition) is 1. The third kappa shape index (κ3) is 3.45. The third-order valence-corrected chi connectivity index (χ3v) is 3.87. The van der Waals surface area contributed by atoms with E-state index in [1.54, 1.807) is 0 Å². The van der Waals surface area contributed by atoms with Crippen molar-refractivity contribution in [2.45, 2.75) is 39.2 Å². The minimum Gasteiger partial charge on any atom is -0.373 e. The van der Waals surface area contributed by atoms with Crippen molar-refractivity contribution >= 4 is 5.69 Å². The maximum atomic E-state index is 4.28. The Morgan fingerprint density at radius 2 is 2.17 bits per heavy atom. The van der Waals surface area contributed by atoms with E-state index >= 15 is 0 Å². The highest BCUT2D eigenvalue weighted by Crippen LogP contribution is 2.27. The first kappa shape index (κ1) is 13.3. The first-order chi connectivity index (χ1) is 8.81. The van der Waals surface area contributed by atoms with Crippen molar-refractivity contribution in [2.24, 2.45) is 5.92 Å². The maximum absolute atomic E-state index is 4.28. The molecule has 2 rings (SSSR count). The minimum atomic E-state index is 0.877. The van der Waals surface area contributed by atoms with E-state index < -0.39 is 0 Å². The fourth-order valence-electron chi connectivity index (χ4n) is 2.85. The number of pyridine rings is 1. The van der Waals surface area contributed by atoms with Crippen LogP contribution in [0, 0.1) is 5.92 Å². The van der Waals surface area contributed by atoms with Crippen LogP contribution in [0.2, 0.25) is 0 Å². The summed E-state index contributed by atoms with van der Waals surface area (Å²) in [4.78, 5) is 6.66. The number of nitrogens with one attached hydrogen (secondary N) is 1. The van der Waals surface area contributed by atoms with Crippen LogP contribution in [-0.2, 0) is 6.54 Å². The van der Waals surface area contributed by atoms with E-state index in [9.17, 15) is 0 Å². The van der Waals surface area contributed by atoms with Crippen LogP contribution >= 0.6 is 0 Å². The van der Waals surface area contributed by atoms with Crippen LogP contribution < -0.4 is 10.2 Å². The highest BCUT2D eigenvalue weighted by molar-refractivity contribution is 5.51. The Morgan fingerprint density at radius 3 is 2.89 bits per heavy atom. The Balaban J connectivity index is 2.00. The molecule has 0 spiro atoms.